The van der Waals surface area contributed by atoms with E-state index in [-0.39, 0.29) is 0 Å². The summed E-state index contributed by atoms with van der Waals surface area (Å²) >= 11 is 5.35. The first kappa shape index (κ1) is 14.6. The van der Waals surface area contributed by atoms with Crippen LogP contribution in [-0.2, 0) is 0 Å². The quantitative estimate of drug-likeness (QED) is 0.602. The Labute approximate surface area is 114 Å². The lowest BCUT2D eigenvalue weighted by molar-refractivity contribution is 0.183. The number of thiocarbonyl (C=S) groups is 1. The van der Waals surface area contributed by atoms with Crippen LogP contribution in [0.15, 0.2) is 55.6 Å². The highest BCUT2D eigenvalue weighted by Crippen LogP contribution is 2.17. The van der Waals surface area contributed by atoms with Crippen LogP contribution in [0.4, 0.5) is 0 Å². The van der Waals surface area contributed by atoms with Gasteiger partial charge in [0.2, 0.25) is 0 Å². The summed E-state index contributed by atoms with van der Waals surface area (Å²) in [5.41, 5.74) is 0.886. The largest absolute Gasteiger partial charge is 0.388 e. The van der Waals surface area contributed by atoms with Crippen LogP contribution in [0.1, 0.15) is 18.1 Å². The Morgan fingerprint density at radius 3 is 2.28 bits per heavy atom. The van der Waals surface area contributed by atoms with Gasteiger partial charge >= 0.3 is 0 Å². The summed E-state index contributed by atoms with van der Waals surface area (Å²) in [6.07, 6.45) is 3.48. The van der Waals surface area contributed by atoms with Crippen LogP contribution in [0.2, 0.25) is 0 Å². The summed E-state index contributed by atoms with van der Waals surface area (Å²) < 4.78 is 0. The molecule has 0 bridgehead atoms. The first-order valence-corrected chi connectivity index (χ1v) is 6.32. The molecule has 0 aromatic heterocycles. The molecule has 0 heterocycles. The van der Waals surface area contributed by atoms with Crippen molar-refractivity contribution in [2.24, 2.45) is 0 Å². The maximum absolute atomic E-state index is 10.1. The average Bonchev–Trinajstić information content (AvgIpc) is 2.39. The van der Waals surface area contributed by atoms with Crippen molar-refractivity contribution < 1.29 is 5.11 Å². The fourth-order valence-corrected chi connectivity index (χ4v) is 1.98. The van der Waals surface area contributed by atoms with E-state index in [1.54, 1.807) is 12.2 Å². The predicted octanol–water partition coefficient (Wildman–Crippen LogP) is 3.11. The maximum atomic E-state index is 10.1. The second kappa shape index (κ2) is 7.80. The van der Waals surface area contributed by atoms with Gasteiger partial charge in [0.05, 0.1) is 11.1 Å². The zero-order chi connectivity index (χ0) is 13.4. The van der Waals surface area contributed by atoms with Crippen molar-refractivity contribution >= 4 is 17.2 Å². The van der Waals surface area contributed by atoms with E-state index in [1.165, 1.54) is 0 Å². The van der Waals surface area contributed by atoms with Crippen LogP contribution >= 0.6 is 12.2 Å². The summed E-state index contributed by atoms with van der Waals surface area (Å²) in [6, 6.07) is 9.55. The SMILES string of the molecule is C=CCN(CC=C)C(=S)C[C@@H](O)c1ccccc1. The highest BCUT2D eigenvalue weighted by Gasteiger charge is 2.13. The Kier molecular flexibility index (Phi) is 6.33. The minimum absolute atomic E-state index is 0.445. The molecule has 1 atom stereocenters. The van der Waals surface area contributed by atoms with E-state index in [1.807, 2.05) is 35.2 Å². The van der Waals surface area contributed by atoms with E-state index >= 15 is 0 Å². The van der Waals surface area contributed by atoms with Gasteiger partial charge in [0, 0.05) is 19.5 Å². The lowest BCUT2D eigenvalue weighted by atomic mass is 10.1. The van der Waals surface area contributed by atoms with Gasteiger partial charge in [0.25, 0.3) is 0 Å². The molecule has 3 heteroatoms. The van der Waals surface area contributed by atoms with E-state index in [9.17, 15) is 5.11 Å². The van der Waals surface area contributed by atoms with Gasteiger partial charge in [-0.25, -0.2) is 0 Å². The topological polar surface area (TPSA) is 23.5 Å². The zero-order valence-electron chi connectivity index (χ0n) is 10.5. The van der Waals surface area contributed by atoms with Crippen molar-refractivity contribution in [1.29, 1.82) is 0 Å². The Morgan fingerprint density at radius 1 is 1.22 bits per heavy atom. The van der Waals surface area contributed by atoms with Crippen molar-refractivity contribution in [3.63, 3.8) is 0 Å². The Balaban J connectivity index is 2.62. The number of rotatable bonds is 7. The maximum Gasteiger partial charge on any atom is 0.0853 e. The molecule has 1 N–H and O–H groups in total. The van der Waals surface area contributed by atoms with Crippen molar-refractivity contribution in [1.82, 2.24) is 4.90 Å². The molecule has 1 aromatic rings. The van der Waals surface area contributed by atoms with Gasteiger partial charge in [-0.1, -0.05) is 54.7 Å². The van der Waals surface area contributed by atoms with E-state index in [0.717, 1.165) is 10.6 Å². The molecule has 0 saturated carbocycles. The van der Waals surface area contributed by atoms with Crippen LogP contribution in [-0.4, -0.2) is 28.1 Å². The van der Waals surface area contributed by atoms with E-state index in [2.05, 4.69) is 13.2 Å². The van der Waals surface area contributed by atoms with Crippen molar-refractivity contribution in [3.05, 3.63) is 61.2 Å². The lowest BCUT2D eigenvalue weighted by Gasteiger charge is -2.24. The minimum atomic E-state index is -0.559. The lowest BCUT2D eigenvalue weighted by Crippen LogP contribution is -2.30. The molecule has 0 fully saturated rings. The van der Waals surface area contributed by atoms with E-state index < -0.39 is 6.10 Å². The smallest absolute Gasteiger partial charge is 0.0853 e. The standard InChI is InChI=1S/C15H19NOS/c1-3-10-16(11-4-2)15(18)12-14(17)13-8-6-5-7-9-13/h3-9,14,17H,1-2,10-12H2/t14-/m1/s1. The van der Waals surface area contributed by atoms with Crippen LogP contribution in [0.3, 0.4) is 0 Å². The van der Waals surface area contributed by atoms with Crippen molar-refractivity contribution in [2.45, 2.75) is 12.5 Å². The summed E-state index contributed by atoms with van der Waals surface area (Å²) in [4.78, 5) is 2.70. The van der Waals surface area contributed by atoms with E-state index in [4.69, 9.17) is 12.2 Å². The predicted molar refractivity (Wildman–Crippen MR) is 80.6 cm³/mol. The third-order valence-electron chi connectivity index (χ3n) is 2.60. The summed E-state index contributed by atoms with van der Waals surface area (Å²) in [7, 11) is 0. The Hall–Kier alpha value is -1.45. The fraction of sp³-hybridized carbons (Fsp3) is 0.267. The number of nitrogens with zero attached hydrogens (tertiary/aromatic N) is 1. The minimum Gasteiger partial charge on any atom is -0.388 e. The molecule has 0 aliphatic heterocycles. The molecule has 0 aliphatic carbocycles. The normalized spacial score (nSPS) is 11.6. The highest BCUT2D eigenvalue weighted by atomic mass is 32.1. The van der Waals surface area contributed by atoms with Crippen LogP contribution in [0, 0.1) is 0 Å². The molecule has 0 radical (unpaired) electrons. The molecule has 0 amide bonds. The number of hydrogen-bond donors (Lipinski definition) is 1. The fourth-order valence-electron chi connectivity index (χ4n) is 1.68. The Bertz CT molecular complexity index is 392. The van der Waals surface area contributed by atoms with Gasteiger partial charge in [-0.3, -0.25) is 0 Å². The highest BCUT2D eigenvalue weighted by molar-refractivity contribution is 7.80. The van der Waals surface area contributed by atoms with Crippen LogP contribution in [0.5, 0.6) is 0 Å². The molecule has 1 rings (SSSR count). The van der Waals surface area contributed by atoms with Gasteiger partial charge in [0.1, 0.15) is 0 Å². The van der Waals surface area contributed by atoms with Crippen molar-refractivity contribution in [3.8, 4) is 0 Å². The van der Waals surface area contributed by atoms with Gasteiger partial charge in [-0.15, -0.1) is 13.2 Å². The molecule has 0 aliphatic rings. The second-order valence-electron chi connectivity index (χ2n) is 4.01. The molecule has 1 aromatic carbocycles. The number of aliphatic hydroxyl groups excluding tert-OH is 1. The summed E-state index contributed by atoms with van der Waals surface area (Å²) in [6.45, 7) is 8.75. The zero-order valence-corrected chi connectivity index (χ0v) is 11.3. The van der Waals surface area contributed by atoms with Gasteiger partial charge in [0.15, 0.2) is 0 Å². The third-order valence-corrected chi connectivity index (χ3v) is 3.03. The molecule has 2 nitrogen and oxygen atoms in total. The first-order chi connectivity index (χ1) is 8.69. The van der Waals surface area contributed by atoms with E-state index in [0.29, 0.717) is 19.5 Å². The Morgan fingerprint density at radius 2 is 1.78 bits per heavy atom. The van der Waals surface area contributed by atoms with Gasteiger partial charge in [-0.2, -0.15) is 0 Å². The second-order valence-corrected chi connectivity index (χ2v) is 4.48. The molecule has 0 unspecified atom stereocenters. The number of aliphatic hydroxyl groups is 1. The molecule has 0 spiro atoms. The molecule has 18 heavy (non-hydrogen) atoms. The average molecular weight is 261 g/mol. The summed E-state index contributed by atoms with van der Waals surface area (Å²) in [5, 5.41) is 10.1. The summed E-state index contributed by atoms with van der Waals surface area (Å²) in [5.74, 6) is 0. The molecule has 0 saturated heterocycles. The monoisotopic (exact) mass is 261 g/mol. The number of benzene rings is 1. The molecule has 96 valence electrons. The van der Waals surface area contributed by atoms with Crippen LogP contribution < -0.4 is 0 Å². The molecular weight excluding hydrogens is 242 g/mol. The first-order valence-electron chi connectivity index (χ1n) is 5.91. The van der Waals surface area contributed by atoms with Crippen molar-refractivity contribution in [2.75, 3.05) is 13.1 Å². The third kappa shape index (κ3) is 4.43. The molecular formula is C15H19NOS. The number of hydrogen-bond acceptors (Lipinski definition) is 2. The van der Waals surface area contributed by atoms with Crippen LogP contribution in [0.25, 0.3) is 0 Å². The van der Waals surface area contributed by atoms with Gasteiger partial charge in [-0.05, 0) is 5.56 Å². The van der Waals surface area contributed by atoms with Gasteiger partial charge < -0.3 is 10.0 Å².